The summed E-state index contributed by atoms with van der Waals surface area (Å²) in [6, 6.07) is 0. The summed E-state index contributed by atoms with van der Waals surface area (Å²) >= 11 is 0. The van der Waals surface area contributed by atoms with Gasteiger partial charge < -0.3 is 28.5 Å². The van der Waals surface area contributed by atoms with Crippen molar-refractivity contribution in [2.75, 3.05) is 47.5 Å². The minimum atomic E-state index is -1.51. The number of carbonyl (C=O) groups excluding carboxylic acids is 2. The standard InChI is InChI=1S/C84H153NO8/c1-6-8-10-12-14-16-18-20-22-24-26-28-30-32-34-36-38-39-40-41-42-43-45-46-48-50-52-54-56-58-60-62-64-66-68-70-72-74-81(86)91-78-80(79-92-84(83(88)89)90-77-76-85(3,4)5)93-82(87)75-73-71-69-67-65-63-61-59-57-55-53-51-49-47-44-37-35-33-31-29-27-25-23-21-19-17-15-13-11-9-7-2/h9,11,15,17,21,23,27,29,33,35,44,47,80,84H,6-8,10,12-14,16,18-20,22,24-26,28,30-32,34,36-43,45-46,48-79H2,1-5H3/p+1/b11-9-,17-15-,23-21-,29-27-,35-33-,47-44-. The van der Waals surface area contributed by atoms with Crippen LogP contribution in [0, 0.1) is 0 Å². The Hall–Kier alpha value is -3.27. The third-order valence-corrected chi connectivity index (χ3v) is 18.0. The number of unbranched alkanes of at least 4 members (excludes halogenated alkanes) is 48. The van der Waals surface area contributed by atoms with Crippen LogP contribution in [0.5, 0.6) is 0 Å². The highest BCUT2D eigenvalue weighted by atomic mass is 16.7. The number of quaternary nitrogens is 1. The molecule has 0 fully saturated rings. The van der Waals surface area contributed by atoms with Crippen LogP contribution in [0.15, 0.2) is 72.9 Å². The van der Waals surface area contributed by atoms with Gasteiger partial charge in [-0.05, 0) is 64.2 Å². The highest BCUT2D eigenvalue weighted by Gasteiger charge is 2.25. The van der Waals surface area contributed by atoms with Gasteiger partial charge in [0.2, 0.25) is 0 Å². The Bertz CT molecular complexity index is 1760. The van der Waals surface area contributed by atoms with Crippen molar-refractivity contribution in [3.63, 3.8) is 0 Å². The fourth-order valence-electron chi connectivity index (χ4n) is 11.9. The summed E-state index contributed by atoms with van der Waals surface area (Å²) in [6.07, 6.45) is 97.8. The van der Waals surface area contributed by atoms with Gasteiger partial charge in [-0.15, -0.1) is 0 Å². The van der Waals surface area contributed by atoms with Crippen LogP contribution in [0.1, 0.15) is 386 Å². The second kappa shape index (κ2) is 74.5. The number of ether oxygens (including phenoxy) is 4. The number of aliphatic carboxylic acids is 1. The number of allylic oxidation sites excluding steroid dienone is 12. The molecule has 0 aliphatic heterocycles. The van der Waals surface area contributed by atoms with Gasteiger partial charge in [-0.25, -0.2) is 4.79 Å². The molecule has 9 heteroatoms. The molecule has 0 radical (unpaired) electrons. The third-order valence-electron chi connectivity index (χ3n) is 18.0. The highest BCUT2D eigenvalue weighted by Crippen LogP contribution is 2.20. The van der Waals surface area contributed by atoms with Crippen LogP contribution >= 0.6 is 0 Å². The zero-order valence-corrected chi connectivity index (χ0v) is 62.2. The van der Waals surface area contributed by atoms with Gasteiger partial charge in [-0.1, -0.05) is 382 Å². The Morgan fingerprint density at radius 2 is 0.613 bits per heavy atom. The van der Waals surface area contributed by atoms with E-state index in [1.807, 2.05) is 21.1 Å². The topological polar surface area (TPSA) is 108 Å². The van der Waals surface area contributed by atoms with Crippen LogP contribution in [-0.4, -0.2) is 87.4 Å². The van der Waals surface area contributed by atoms with Gasteiger partial charge in [-0.2, -0.15) is 0 Å². The van der Waals surface area contributed by atoms with E-state index in [0.29, 0.717) is 17.4 Å². The predicted octanol–water partition coefficient (Wildman–Crippen LogP) is 25.6. The van der Waals surface area contributed by atoms with Gasteiger partial charge in [0, 0.05) is 12.8 Å². The van der Waals surface area contributed by atoms with Gasteiger partial charge in [0.05, 0.1) is 34.4 Å². The van der Waals surface area contributed by atoms with Crippen molar-refractivity contribution in [3.8, 4) is 0 Å². The number of nitrogens with zero attached hydrogens (tertiary/aromatic N) is 1. The molecular formula is C84H154NO8+. The number of carboxylic acid groups (broad SMARTS) is 1. The van der Waals surface area contributed by atoms with Crippen molar-refractivity contribution in [2.24, 2.45) is 0 Å². The predicted molar refractivity (Wildman–Crippen MR) is 401 cm³/mol. The molecule has 2 atom stereocenters. The molecule has 0 saturated heterocycles. The Morgan fingerprint density at radius 3 is 0.914 bits per heavy atom. The van der Waals surface area contributed by atoms with E-state index in [4.69, 9.17) is 18.9 Å². The first-order valence-electron chi connectivity index (χ1n) is 40.1. The van der Waals surface area contributed by atoms with E-state index < -0.39 is 24.3 Å². The maximum absolute atomic E-state index is 13.0. The van der Waals surface area contributed by atoms with E-state index in [1.165, 1.54) is 276 Å². The normalized spacial score (nSPS) is 13.0. The molecular weight excluding hydrogens is 1150 g/mol. The van der Waals surface area contributed by atoms with E-state index in [1.54, 1.807) is 0 Å². The molecule has 0 aromatic rings. The molecule has 0 heterocycles. The molecule has 0 bridgehead atoms. The molecule has 0 rings (SSSR count). The SMILES string of the molecule is CC/C=C\C/C=C\C/C=C\C/C=C\C/C=C\C/C=C\CCCCCCCCCCCCCCC(=O)OC(COC(=O)CCCCCCCCCCCCCCCCCCCCCCCCCCCCCCCCCCCCCCC)COC(OCC[N+](C)(C)C)C(=O)O. The lowest BCUT2D eigenvalue weighted by Crippen LogP contribution is -2.40. The molecule has 93 heavy (non-hydrogen) atoms. The summed E-state index contributed by atoms with van der Waals surface area (Å²) in [5.74, 6) is -1.99. The highest BCUT2D eigenvalue weighted by molar-refractivity contribution is 5.71. The van der Waals surface area contributed by atoms with Crippen molar-refractivity contribution < 1.29 is 42.9 Å². The van der Waals surface area contributed by atoms with Gasteiger partial charge in [0.15, 0.2) is 6.10 Å². The smallest absolute Gasteiger partial charge is 0.361 e. The average molecular weight is 1310 g/mol. The van der Waals surface area contributed by atoms with Crippen LogP contribution in [0.25, 0.3) is 0 Å². The van der Waals surface area contributed by atoms with Crippen LogP contribution in [0.4, 0.5) is 0 Å². The molecule has 0 amide bonds. The summed E-state index contributed by atoms with van der Waals surface area (Å²) in [5, 5.41) is 9.77. The van der Waals surface area contributed by atoms with Crippen LogP contribution in [-0.2, 0) is 33.3 Å². The van der Waals surface area contributed by atoms with Crippen LogP contribution in [0.2, 0.25) is 0 Å². The van der Waals surface area contributed by atoms with Crippen LogP contribution < -0.4 is 0 Å². The Labute approximate surface area is 577 Å². The third kappa shape index (κ3) is 76.0. The molecule has 0 aliphatic carbocycles. The number of likely N-dealkylation sites (N-methyl/N-ethyl adjacent to an activating group) is 1. The van der Waals surface area contributed by atoms with Crippen molar-refractivity contribution in [1.29, 1.82) is 0 Å². The lowest BCUT2D eigenvalue weighted by Gasteiger charge is -2.25. The van der Waals surface area contributed by atoms with Crippen molar-refractivity contribution in [2.45, 2.75) is 399 Å². The van der Waals surface area contributed by atoms with Gasteiger partial charge >= 0.3 is 17.9 Å². The average Bonchev–Trinajstić information content (AvgIpc) is 3.38. The first-order valence-corrected chi connectivity index (χ1v) is 40.1. The molecule has 0 aromatic heterocycles. The van der Waals surface area contributed by atoms with Gasteiger partial charge in [-0.3, -0.25) is 9.59 Å². The van der Waals surface area contributed by atoms with Crippen LogP contribution in [0.3, 0.4) is 0 Å². The molecule has 0 aliphatic rings. The Balaban J connectivity index is 3.99. The lowest BCUT2D eigenvalue weighted by atomic mass is 10.0. The number of hydrogen-bond donors (Lipinski definition) is 1. The summed E-state index contributed by atoms with van der Waals surface area (Å²) in [7, 11) is 5.99. The summed E-state index contributed by atoms with van der Waals surface area (Å²) < 4.78 is 23.1. The van der Waals surface area contributed by atoms with Gasteiger partial charge in [0.25, 0.3) is 6.29 Å². The van der Waals surface area contributed by atoms with E-state index in [-0.39, 0.29) is 32.2 Å². The lowest BCUT2D eigenvalue weighted by molar-refractivity contribution is -0.870. The Morgan fingerprint density at radius 1 is 0.333 bits per heavy atom. The van der Waals surface area contributed by atoms with Crippen molar-refractivity contribution in [1.82, 2.24) is 0 Å². The minimum Gasteiger partial charge on any atom is -0.477 e. The maximum Gasteiger partial charge on any atom is 0.361 e. The summed E-state index contributed by atoms with van der Waals surface area (Å²) in [5.41, 5.74) is 0. The number of hydrogen-bond acceptors (Lipinski definition) is 7. The molecule has 0 aromatic carbocycles. The van der Waals surface area contributed by atoms with Gasteiger partial charge in [0.1, 0.15) is 13.2 Å². The van der Waals surface area contributed by atoms with Crippen molar-refractivity contribution >= 4 is 17.9 Å². The monoisotopic (exact) mass is 1310 g/mol. The molecule has 542 valence electrons. The summed E-state index contributed by atoms with van der Waals surface area (Å²) in [4.78, 5) is 37.7. The van der Waals surface area contributed by atoms with E-state index in [0.717, 1.165) is 83.5 Å². The second-order valence-corrected chi connectivity index (χ2v) is 28.4. The number of esters is 2. The Kier molecular flexibility index (Phi) is 71.9. The van der Waals surface area contributed by atoms with E-state index in [9.17, 15) is 19.5 Å². The summed E-state index contributed by atoms with van der Waals surface area (Å²) in [6.45, 7) is 4.82. The van der Waals surface area contributed by atoms with E-state index >= 15 is 0 Å². The molecule has 0 spiro atoms. The molecule has 9 nitrogen and oxygen atoms in total. The fraction of sp³-hybridized carbons (Fsp3) is 0.821. The van der Waals surface area contributed by atoms with E-state index in [2.05, 4.69) is 86.8 Å². The quantitative estimate of drug-likeness (QED) is 0.0211. The largest absolute Gasteiger partial charge is 0.477 e. The fourth-order valence-corrected chi connectivity index (χ4v) is 11.9. The number of rotatable bonds is 75. The molecule has 0 saturated carbocycles. The maximum atomic E-state index is 13.0. The molecule has 2 unspecified atom stereocenters. The first-order chi connectivity index (χ1) is 45.6. The number of carbonyl (C=O) groups is 3. The number of carboxylic acids is 1. The second-order valence-electron chi connectivity index (χ2n) is 28.4. The first kappa shape index (κ1) is 89.7. The zero-order valence-electron chi connectivity index (χ0n) is 62.2. The molecule has 1 N–H and O–H groups in total. The van der Waals surface area contributed by atoms with Crippen molar-refractivity contribution in [3.05, 3.63) is 72.9 Å². The minimum absolute atomic E-state index is 0.181. The zero-order chi connectivity index (χ0) is 67.5.